The Bertz CT molecular complexity index is 695. The number of benzene rings is 1. The van der Waals surface area contributed by atoms with E-state index in [1.807, 2.05) is 6.07 Å². The van der Waals surface area contributed by atoms with Gasteiger partial charge in [-0.15, -0.1) is 0 Å². The smallest absolute Gasteiger partial charge is 0.267 e. The summed E-state index contributed by atoms with van der Waals surface area (Å²) in [5, 5.41) is 16.2. The Labute approximate surface area is 121 Å². The number of nitrogens with zero attached hydrogens (tertiary/aromatic N) is 3. The van der Waals surface area contributed by atoms with Crippen molar-refractivity contribution in [2.24, 2.45) is 7.05 Å². The number of aryl methyl sites for hydroxylation is 1. The van der Waals surface area contributed by atoms with Crippen LogP contribution >= 0.6 is 11.6 Å². The number of hydrogen-bond acceptors (Lipinski definition) is 3. The zero-order chi connectivity index (χ0) is 14.5. The first-order chi connectivity index (χ1) is 9.58. The molecule has 1 aromatic carbocycles. The van der Waals surface area contributed by atoms with Gasteiger partial charge in [-0.05, 0) is 23.8 Å². The van der Waals surface area contributed by atoms with E-state index in [1.165, 1.54) is 6.08 Å². The van der Waals surface area contributed by atoms with Gasteiger partial charge in [-0.25, -0.2) is 0 Å². The number of carbonyl (C=O) groups excluding carboxylic acids is 1. The monoisotopic (exact) mass is 286 g/mol. The summed E-state index contributed by atoms with van der Waals surface area (Å²) in [6.07, 6.45) is 3.19. The van der Waals surface area contributed by atoms with Gasteiger partial charge in [0.25, 0.3) is 5.91 Å². The Morgan fingerprint density at radius 1 is 1.40 bits per heavy atom. The summed E-state index contributed by atoms with van der Waals surface area (Å²) in [5.74, 6) is -0.101. The van der Waals surface area contributed by atoms with Crippen molar-refractivity contribution in [3.63, 3.8) is 0 Å². The first-order valence-electron chi connectivity index (χ1n) is 5.77. The van der Waals surface area contributed by atoms with Gasteiger partial charge < -0.3 is 5.32 Å². The van der Waals surface area contributed by atoms with Gasteiger partial charge >= 0.3 is 0 Å². The molecular weight excluding hydrogens is 276 g/mol. The predicted molar refractivity (Wildman–Crippen MR) is 76.9 cm³/mol. The molecule has 0 bridgehead atoms. The first kappa shape index (κ1) is 13.8. The third kappa shape index (κ3) is 3.46. The topological polar surface area (TPSA) is 70.7 Å². The minimum absolute atomic E-state index is 0.00187. The van der Waals surface area contributed by atoms with Crippen LogP contribution in [0.25, 0.3) is 6.08 Å². The fourth-order valence-electron chi connectivity index (χ4n) is 1.54. The molecule has 0 saturated carbocycles. The lowest BCUT2D eigenvalue weighted by Gasteiger charge is -2.00. The summed E-state index contributed by atoms with van der Waals surface area (Å²) in [6, 6.07) is 10.4. The maximum absolute atomic E-state index is 11.9. The Kier molecular flexibility index (Phi) is 4.18. The van der Waals surface area contributed by atoms with Crippen LogP contribution in [0.3, 0.4) is 0 Å². The number of nitrogens with one attached hydrogen (secondary N) is 1. The van der Waals surface area contributed by atoms with Crippen LogP contribution in [-0.2, 0) is 11.8 Å². The summed E-state index contributed by atoms with van der Waals surface area (Å²) >= 11 is 5.78. The van der Waals surface area contributed by atoms with E-state index in [9.17, 15) is 4.79 Å². The van der Waals surface area contributed by atoms with Gasteiger partial charge in [0.1, 0.15) is 11.6 Å². The molecule has 1 amide bonds. The molecule has 0 spiro atoms. The van der Waals surface area contributed by atoms with E-state index in [-0.39, 0.29) is 5.57 Å². The molecule has 0 unspecified atom stereocenters. The van der Waals surface area contributed by atoms with Gasteiger partial charge in [-0.2, -0.15) is 10.4 Å². The number of rotatable bonds is 3. The van der Waals surface area contributed by atoms with Crippen LogP contribution in [0.2, 0.25) is 5.02 Å². The zero-order valence-electron chi connectivity index (χ0n) is 10.7. The summed E-state index contributed by atoms with van der Waals surface area (Å²) in [4.78, 5) is 11.9. The Hall–Kier alpha value is -2.58. The number of halogens is 1. The number of anilines is 1. The fourth-order valence-corrected chi connectivity index (χ4v) is 1.67. The standard InChI is InChI=1S/C14H11ClN4O/c1-19-7-6-13(18-19)17-14(20)11(9-16)8-10-2-4-12(15)5-3-10/h2-8H,1H3,(H,17,18,20)/b11-8+. The van der Waals surface area contributed by atoms with Crippen LogP contribution in [-0.4, -0.2) is 15.7 Å². The molecule has 6 heteroatoms. The van der Waals surface area contributed by atoms with E-state index >= 15 is 0 Å². The number of aromatic nitrogens is 2. The van der Waals surface area contributed by atoms with Gasteiger partial charge in [0.05, 0.1) is 0 Å². The molecule has 0 saturated heterocycles. The first-order valence-corrected chi connectivity index (χ1v) is 6.14. The van der Waals surface area contributed by atoms with E-state index in [0.717, 1.165) is 5.56 Å². The largest absolute Gasteiger partial charge is 0.304 e. The lowest BCUT2D eigenvalue weighted by molar-refractivity contribution is -0.112. The van der Waals surface area contributed by atoms with Gasteiger partial charge in [-0.3, -0.25) is 9.48 Å². The van der Waals surface area contributed by atoms with Crippen LogP contribution in [0.4, 0.5) is 5.82 Å². The molecule has 1 N–H and O–H groups in total. The average molecular weight is 287 g/mol. The molecule has 0 radical (unpaired) electrons. The molecule has 20 heavy (non-hydrogen) atoms. The van der Waals surface area contributed by atoms with Crippen molar-refractivity contribution in [2.45, 2.75) is 0 Å². The molecule has 1 heterocycles. The van der Waals surface area contributed by atoms with Gasteiger partial charge in [0, 0.05) is 24.3 Å². The molecule has 2 aromatic rings. The van der Waals surface area contributed by atoms with E-state index < -0.39 is 5.91 Å². The molecule has 0 aliphatic rings. The predicted octanol–water partition coefficient (Wildman–Crippen LogP) is 2.62. The number of nitriles is 1. The molecule has 100 valence electrons. The second kappa shape index (κ2) is 6.04. The molecule has 2 rings (SSSR count). The zero-order valence-corrected chi connectivity index (χ0v) is 11.4. The third-order valence-corrected chi connectivity index (χ3v) is 2.75. The van der Waals surface area contributed by atoms with Crippen LogP contribution in [0.5, 0.6) is 0 Å². The lowest BCUT2D eigenvalue weighted by atomic mass is 10.1. The van der Waals surface area contributed by atoms with E-state index in [1.54, 1.807) is 48.3 Å². The van der Waals surface area contributed by atoms with Crippen molar-refractivity contribution in [3.8, 4) is 6.07 Å². The SMILES string of the molecule is Cn1ccc(NC(=O)/C(C#N)=C/c2ccc(Cl)cc2)n1. The summed E-state index contributed by atoms with van der Waals surface area (Å²) in [5.41, 5.74) is 0.722. The summed E-state index contributed by atoms with van der Waals surface area (Å²) in [6.45, 7) is 0. The van der Waals surface area contributed by atoms with Crippen molar-refractivity contribution >= 4 is 29.4 Å². The number of carbonyl (C=O) groups is 1. The van der Waals surface area contributed by atoms with Gasteiger partial charge in [0.15, 0.2) is 5.82 Å². The maximum Gasteiger partial charge on any atom is 0.267 e. The number of hydrogen-bond donors (Lipinski definition) is 1. The highest BCUT2D eigenvalue weighted by atomic mass is 35.5. The quantitative estimate of drug-likeness (QED) is 0.696. The second-order valence-electron chi connectivity index (χ2n) is 4.05. The van der Waals surface area contributed by atoms with Crippen LogP contribution < -0.4 is 5.32 Å². The molecule has 0 fully saturated rings. The van der Waals surface area contributed by atoms with Crippen molar-refractivity contribution in [2.75, 3.05) is 5.32 Å². The molecule has 0 aliphatic heterocycles. The van der Waals surface area contributed by atoms with Crippen molar-refractivity contribution < 1.29 is 4.79 Å². The average Bonchev–Trinajstić information content (AvgIpc) is 2.83. The van der Waals surface area contributed by atoms with E-state index in [2.05, 4.69) is 10.4 Å². The third-order valence-electron chi connectivity index (χ3n) is 2.50. The summed E-state index contributed by atoms with van der Waals surface area (Å²) < 4.78 is 1.56. The highest BCUT2D eigenvalue weighted by Crippen LogP contribution is 2.13. The van der Waals surface area contributed by atoms with Crippen molar-refractivity contribution in [1.82, 2.24) is 9.78 Å². The Balaban J connectivity index is 2.17. The Morgan fingerprint density at radius 3 is 2.65 bits per heavy atom. The van der Waals surface area contributed by atoms with Crippen LogP contribution in [0.1, 0.15) is 5.56 Å². The van der Waals surface area contributed by atoms with Crippen molar-refractivity contribution in [1.29, 1.82) is 5.26 Å². The highest BCUT2D eigenvalue weighted by molar-refractivity contribution is 6.30. The van der Waals surface area contributed by atoms with E-state index in [4.69, 9.17) is 16.9 Å². The number of amides is 1. The van der Waals surface area contributed by atoms with Crippen LogP contribution in [0, 0.1) is 11.3 Å². The maximum atomic E-state index is 11.9. The van der Waals surface area contributed by atoms with Crippen molar-refractivity contribution in [3.05, 3.63) is 52.7 Å². The van der Waals surface area contributed by atoms with E-state index in [0.29, 0.717) is 10.8 Å². The fraction of sp³-hybridized carbons (Fsp3) is 0.0714. The molecule has 1 aromatic heterocycles. The van der Waals surface area contributed by atoms with Crippen LogP contribution in [0.15, 0.2) is 42.1 Å². The molecule has 0 aliphatic carbocycles. The molecule has 5 nitrogen and oxygen atoms in total. The normalized spacial score (nSPS) is 10.9. The second-order valence-corrected chi connectivity index (χ2v) is 4.49. The summed E-state index contributed by atoms with van der Waals surface area (Å²) in [7, 11) is 1.74. The van der Waals surface area contributed by atoms with Gasteiger partial charge in [0.2, 0.25) is 0 Å². The van der Waals surface area contributed by atoms with Gasteiger partial charge in [-0.1, -0.05) is 23.7 Å². The Morgan fingerprint density at radius 2 is 2.10 bits per heavy atom. The highest BCUT2D eigenvalue weighted by Gasteiger charge is 2.10. The molecular formula is C14H11ClN4O. The minimum atomic E-state index is -0.499. The lowest BCUT2D eigenvalue weighted by Crippen LogP contribution is -2.14. The molecule has 0 atom stereocenters. The minimum Gasteiger partial charge on any atom is -0.304 e.